The van der Waals surface area contributed by atoms with Gasteiger partial charge in [0, 0.05) is 12.2 Å². The van der Waals surface area contributed by atoms with E-state index in [1.807, 2.05) is 37.3 Å². The number of benzene rings is 1. The van der Waals surface area contributed by atoms with E-state index in [1.54, 1.807) is 0 Å². The fraction of sp³-hybridized carbons (Fsp3) is 0.250. The molecule has 0 unspecified atom stereocenters. The van der Waals surface area contributed by atoms with Crippen LogP contribution in [0.2, 0.25) is 0 Å². The predicted molar refractivity (Wildman–Crippen MR) is 55.4 cm³/mol. The van der Waals surface area contributed by atoms with Crippen molar-refractivity contribution in [2.24, 2.45) is 11.0 Å². The average molecular weight is 199 g/mol. The Hall–Kier alpha value is -0.830. The first-order valence-corrected chi connectivity index (χ1v) is 5.85. The van der Waals surface area contributed by atoms with Gasteiger partial charge in [0.05, 0.1) is 0 Å². The molecule has 0 aliphatic rings. The molecule has 0 fully saturated rings. The smallest absolute Gasteiger partial charge is 0.300 e. The molecule has 0 radical (unpaired) electrons. The van der Waals surface area contributed by atoms with E-state index in [1.165, 1.54) is 4.67 Å². The Kier molecular flexibility index (Phi) is 3.09. The van der Waals surface area contributed by atoms with Gasteiger partial charge in [-0.25, -0.2) is 0 Å². The highest BCUT2D eigenvalue weighted by Gasteiger charge is 2.18. The summed E-state index contributed by atoms with van der Waals surface area (Å²) < 4.78 is 12.9. The van der Waals surface area contributed by atoms with E-state index in [9.17, 15) is 4.57 Å². The number of nitrogens with two attached hydrogens (primary N) is 2. The molecule has 0 bridgehead atoms. The fourth-order valence-corrected chi connectivity index (χ4v) is 2.12. The van der Waals surface area contributed by atoms with E-state index < -0.39 is 7.59 Å². The Morgan fingerprint density at radius 2 is 1.85 bits per heavy atom. The summed E-state index contributed by atoms with van der Waals surface area (Å²) >= 11 is 0. The number of nitrogens with zero attached hydrogens (tertiary/aromatic N) is 1. The van der Waals surface area contributed by atoms with Crippen LogP contribution in [0.4, 0.5) is 5.69 Å². The maximum atomic E-state index is 11.4. The third-order valence-electron chi connectivity index (χ3n) is 1.73. The van der Waals surface area contributed by atoms with Gasteiger partial charge in [-0.05, 0) is 19.1 Å². The number of hydrogen-bond donors (Lipinski definition) is 2. The summed E-state index contributed by atoms with van der Waals surface area (Å²) in [6, 6.07) is 9.25. The minimum Gasteiger partial charge on any atom is -0.300 e. The maximum absolute atomic E-state index is 11.4. The molecule has 0 saturated heterocycles. The Balaban J connectivity index is 2.99. The monoisotopic (exact) mass is 199 g/mol. The van der Waals surface area contributed by atoms with Crippen molar-refractivity contribution < 1.29 is 4.57 Å². The van der Waals surface area contributed by atoms with Crippen LogP contribution in [0.15, 0.2) is 30.3 Å². The minimum absolute atomic E-state index is 0.536. The maximum Gasteiger partial charge on any atom is 0.300 e. The van der Waals surface area contributed by atoms with Crippen LogP contribution in [-0.4, -0.2) is 6.54 Å². The van der Waals surface area contributed by atoms with Gasteiger partial charge in [-0.15, -0.1) is 0 Å². The van der Waals surface area contributed by atoms with E-state index in [0.29, 0.717) is 6.54 Å². The average Bonchev–Trinajstić information content (AvgIpc) is 2.05. The van der Waals surface area contributed by atoms with Crippen molar-refractivity contribution in [2.45, 2.75) is 6.92 Å². The molecule has 0 amide bonds. The first kappa shape index (κ1) is 10.3. The molecule has 0 aliphatic carbocycles. The predicted octanol–water partition coefficient (Wildman–Crippen LogP) is 1.54. The zero-order valence-corrected chi connectivity index (χ0v) is 8.45. The van der Waals surface area contributed by atoms with E-state index in [2.05, 4.69) is 0 Å². The van der Waals surface area contributed by atoms with E-state index in [4.69, 9.17) is 11.0 Å². The number of para-hydroxylation sites is 1. The van der Waals surface area contributed by atoms with Crippen molar-refractivity contribution in [3.8, 4) is 0 Å². The molecule has 0 saturated carbocycles. The Morgan fingerprint density at radius 1 is 1.31 bits per heavy atom. The van der Waals surface area contributed by atoms with Crippen molar-refractivity contribution in [3.05, 3.63) is 30.3 Å². The highest BCUT2D eigenvalue weighted by Crippen LogP contribution is 2.36. The molecule has 1 aromatic carbocycles. The van der Waals surface area contributed by atoms with Crippen LogP contribution < -0.4 is 15.7 Å². The normalized spacial score (nSPS) is 11.3. The van der Waals surface area contributed by atoms with Crippen molar-refractivity contribution in [1.82, 2.24) is 0 Å². The SMILES string of the molecule is CCN(c1ccccc1)P(N)(N)=O. The van der Waals surface area contributed by atoms with Gasteiger partial charge in [-0.3, -0.25) is 20.2 Å². The number of hydrogen-bond acceptors (Lipinski definition) is 1. The molecule has 0 aliphatic heterocycles. The molecule has 4 nitrogen and oxygen atoms in total. The van der Waals surface area contributed by atoms with Crippen molar-refractivity contribution in [1.29, 1.82) is 0 Å². The molecule has 1 rings (SSSR count). The second-order valence-corrected chi connectivity index (χ2v) is 4.55. The van der Waals surface area contributed by atoms with Gasteiger partial charge in [0.25, 0.3) is 0 Å². The Morgan fingerprint density at radius 3 is 2.23 bits per heavy atom. The Bertz CT molecular complexity index is 308. The lowest BCUT2D eigenvalue weighted by molar-refractivity contribution is 0.573. The van der Waals surface area contributed by atoms with Crippen LogP contribution in [-0.2, 0) is 4.57 Å². The van der Waals surface area contributed by atoms with Crippen LogP contribution in [0.1, 0.15) is 6.92 Å². The van der Waals surface area contributed by atoms with E-state index in [-0.39, 0.29) is 0 Å². The summed E-state index contributed by atoms with van der Waals surface area (Å²) in [5, 5.41) is 0. The van der Waals surface area contributed by atoms with Crippen LogP contribution in [0.5, 0.6) is 0 Å². The van der Waals surface area contributed by atoms with Crippen LogP contribution in [0.25, 0.3) is 0 Å². The molecule has 0 heterocycles. The van der Waals surface area contributed by atoms with Gasteiger partial charge >= 0.3 is 7.59 Å². The molecule has 13 heavy (non-hydrogen) atoms. The quantitative estimate of drug-likeness (QED) is 0.724. The molecule has 0 spiro atoms. The first-order chi connectivity index (χ1) is 6.05. The van der Waals surface area contributed by atoms with Gasteiger partial charge in [0.15, 0.2) is 0 Å². The molecule has 0 atom stereocenters. The lowest BCUT2D eigenvalue weighted by Gasteiger charge is -2.25. The minimum atomic E-state index is -3.16. The summed E-state index contributed by atoms with van der Waals surface area (Å²) in [5.74, 6) is 0. The van der Waals surface area contributed by atoms with Gasteiger partial charge in [-0.2, -0.15) is 0 Å². The van der Waals surface area contributed by atoms with E-state index in [0.717, 1.165) is 5.69 Å². The number of rotatable bonds is 3. The van der Waals surface area contributed by atoms with Crippen molar-refractivity contribution in [3.63, 3.8) is 0 Å². The van der Waals surface area contributed by atoms with Gasteiger partial charge in [-0.1, -0.05) is 18.2 Å². The lowest BCUT2D eigenvalue weighted by Crippen LogP contribution is -2.28. The second-order valence-electron chi connectivity index (χ2n) is 2.72. The van der Waals surface area contributed by atoms with E-state index >= 15 is 0 Å². The Labute approximate surface area is 78.1 Å². The molecule has 72 valence electrons. The van der Waals surface area contributed by atoms with Crippen LogP contribution in [0, 0.1) is 0 Å². The van der Waals surface area contributed by atoms with Crippen LogP contribution >= 0.6 is 7.59 Å². The second kappa shape index (κ2) is 3.92. The first-order valence-electron chi connectivity index (χ1n) is 4.06. The summed E-state index contributed by atoms with van der Waals surface area (Å²) in [4.78, 5) is 0. The summed E-state index contributed by atoms with van der Waals surface area (Å²) in [6.45, 7) is 2.40. The van der Waals surface area contributed by atoms with Gasteiger partial charge < -0.3 is 0 Å². The van der Waals surface area contributed by atoms with Gasteiger partial charge in [0.1, 0.15) is 0 Å². The summed E-state index contributed by atoms with van der Waals surface area (Å²) in [6.07, 6.45) is 0. The standard InChI is InChI=1S/C8H14N3OP/c1-2-11(13(9,10)12)8-6-4-3-5-7-8/h3-7H,2H2,1H3,(H4,9,10,12). The molecular formula is C8H14N3OP. The van der Waals surface area contributed by atoms with Crippen molar-refractivity contribution >= 4 is 13.3 Å². The van der Waals surface area contributed by atoms with Gasteiger partial charge in [0.2, 0.25) is 0 Å². The third kappa shape index (κ3) is 2.56. The summed E-state index contributed by atoms with van der Waals surface area (Å²) in [5.41, 5.74) is 11.6. The molecule has 5 heteroatoms. The zero-order valence-electron chi connectivity index (χ0n) is 7.55. The van der Waals surface area contributed by atoms with Crippen LogP contribution in [0.3, 0.4) is 0 Å². The molecular weight excluding hydrogens is 185 g/mol. The third-order valence-corrected chi connectivity index (χ3v) is 3.00. The number of anilines is 1. The molecule has 0 aromatic heterocycles. The highest BCUT2D eigenvalue weighted by molar-refractivity contribution is 7.60. The summed E-state index contributed by atoms with van der Waals surface area (Å²) in [7, 11) is -3.16. The van der Waals surface area contributed by atoms with Crippen molar-refractivity contribution in [2.75, 3.05) is 11.2 Å². The lowest BCUT2D eigenvalue weighted by atomic mass is 10.3. The largest absolute Gasteiger partial charge is 0.300 e. The highest BCUT2D eigenvalue weighted by atomic mass is 31.2. The molecule has 1 aromatic rings. The topological polar surface area (TPSA) is 72.3 Å². The molecule has 4 N–H and O–H groups in total. The zero-order chi connectivity index (χ0) is 9.90. The fourth-order valence-electron chi connectivity index (χ4n) is 1.18.